The lowest BCUT2D eigenvalue weighted by molar-refractivity contribution is -0.117. The summed E-state index contributed by atoms with van der Waals surface area (Å²) in [6, 6.07) is 0. The lowest BCUT2D eigenvalue weighted by Gasteiger charge is -2.31. The van der Waals surface area contributed by atoms with E-state index < -0.39 is 0 Å². The van der Waals surface area contributed by atoms with Crippen molar-refractivity contribution in [2.45, 2.75) is 51.6 Å². The van der Waals surface area contributed by atoms with Gasteiger partial charge in [0, 0.05) is 44.6 Å². The second kappa shape index (κ2) is 7.97. The maximum atomic E-state index is 12.2. The Bertz CT molecular complexity index is 583. The van der Waals surface area contributed by atoms with Crippen LogP contribution in [-0.4, -0.2) is 28.6 Å². The third kappa shape index (κ3) is 4.26. The second-order valence-electron chi connectivity index (χ2n) is 7.32. The number of hydrogen-bond acceptors (Lipinski definition) is 3. The molecule has 2 atom stereocenters. The Balaban J connectivity index is 1.55. The summed E-state index contributed by atoms with van der Waals surface area (Å²) < 4.78 is 7.97. The number of nitrogens with one attached hydrogen (secondary N) is 1. The van der Waals surface area contributed by atoms with Gasteiger partial charge >= 0.3 is 0 Å². The first kappa shape index (κ1) is 17.2. The average Bonchev–Trinajstić information content (AvgIpc) is 3.01. The van der Waals surface area contributed by atoms with E-state index in [1.807, 2.05) is 23.9 Å². The van der Waals surface area contributed by atoms with Crippen molar-refractivity contribution in [3.05, 3.63) is 29.9 Å². The zero-order valence-corrected chi connectivity index (χ0v) is 14.8. The minimum Gasteiger partial charge on any atom is -0.370 e. The Morgan fingerprint density at radius 3 is 2.92 bits per heavy atom. The molecule has 0 spiro atoms. The number of ether oxygens (including phenoxy) is 1. The molecule has 5 heteroatoms. The van der Waals surface area contributed by atoms with Gasteiger partial charge in [0.05, 0.1) is 0 Å². The minimum absolute atomic E-state index is 0.0257. The van der Waals surface area contributed by atoms with Gasteiger partial charge in [-0.2, -0.15) is 0 Å². The molecule has 1 N–H and O–H groups in total. The van der Waals surface area contributed by atoms with Crippen LogP contribution in [0.4, 0.5) is 0 Å². The molecule has 1 amide bonds. The zero-order chi connectivity index (χ0) is 16.9. The molecule has 1 saturated heterocycles. The van der Waals surface area contributed by atoms with E-state index in [9.17, 15) is 4.79 Å². The zero-order valence-electron chi connectivity index (χ0n) is 14.8. The summed E-state index contributed by atoms with van der Waals surface area (Å²) in [5.74, 6) is 2.08. The predicted molar refractivity (Wildman–Crippen MR) is 93.3 cm³/mol. The maximum Gasteiger partial charge on any atom is 0.243 e. The molecule has 2 heterocycles. The first-order valence-corrected chi connectivity index (χ1v) is 9.19. The maximum absolute atomic E-state index is 12.2. The molecule has 0 unspecified atom stereocenters. The van der Waals surface area contributed by atoms with Crippen molar-refractivity contribution < 1.29 is 9.53 Å². The van der Waals surface area contributed by atoms with E-state index >= 15 is 0 Å². The van der Waals surface area contributed by atoms with Crippen LogP contribution in [0.25, 0.3) is 0 Å². The van der Waals surface area contributed by atoms with Crippen LogP contribution in [0.2, 0.25) is 0 Å². The van der Waals surface area contributed by atoms with Crippen molar-refractivity contribution in [3.8, 4) is 0 Å². The first-order valence-electron chi connectivity index (χ1n) is 9.19. The smallest absolute Gasteiger partial charge is 0.243 e. The van der Waals surface area contributed by atoms with Crippen LogP contribution in [0.3, 0.4) is 0 Å². The minimum atomic E-state index is -0.0257. The predicted octanol–water partition coefficient (Wildman–Crippen LogP) is 3.14. The molecule has 1 aliphatic carbocycles. The van der Waals surface area contributed by atoms with E-state index in [1.54, 1.807) is 6.20 Å². The number of carbonyl (C=O) groups is 1. The summed E-state index contributed by atoms with van der Waals surface area (Å²) in [5.41, 5.74) is 1.30. The number of carbonyl (C=O) groups excluding carboxylic acids is 1. The highest BCUT2D eigenvalue weighted by atomic mass is 16.5. The highest BCUT2D eigenvalue weighted by molar-refractivity contribution is 5.88. The van der Waals surface area contributed by atoms with Crippen molar-refractivity contribution in [2.75, 3.05) is 13.2 Å². The molecule has 0 bridgehead atoms. The summed E-state index contributed by atoms with van der Waals surface area (Å²) in [6.45, 7) is 3.71. The molecule has 24 heavy (non-hydrogen) atoms. The van der Waals surface area contributed by atoms with Crippen LogP contribution >= 0.6 is 0 Å². The van der Waals surface area contributed by atoms with Gasteiger partial charge in [0.15, 0.2) is 0 Å². The van der Waals surface area contributed by atoms with Gasteiger partial charge in [-0.25, -0.2) is 4.98 Å². The van der Waals surface area contributed by atoms with Gasteiger partial charge in [0.25, 0.3) is 0 Å². The molecular formula is C19H29N3O2. The van der Waals surface area contributed by atoms with E-state index in [0.717, 1.165) is 44.0 Å². The molecule has 2 aliphatic rings. The summed E-state index contributed by atoms with van der Waals surface area (Å²) in [6.07, 6.45) is 12.2. The lowest BCUT2D eigenvalue weighted by atomic mass is 9.87. The van der Waals surface area contributed by atoms with Gasteiger partial charge in [-0.15, -0.1) is 0 Å². The first-order chi connectivity index (χ1) is 11.6. The number of hydrogen-bond donors (Lipinski definition) is 1. The normalized spacial score (nSPS) is 27.8. The van der Waals surface area contributed by atoms with Crippen LogP contribution in [-0.2, 0) is 16.6 Å². The highest BCUT2D eigenvalue weighted by Gasteiger charge is 2.30. The molecular weight excluding hydrogens is 302 g/mol. The second-order valence-corrected chi connectivity index (χ2v) is 7.32. The standard InChI is InChI=1S/C19H29N3O2/c1-14-5-7-15(8-6-14)12-17(23)21-13-16-4-3-11-24-18(16)19-20-9-10-22(19)2/h9-10,12,14,16,18H,3-8,11,13H2,1-2H3,(H,21,23)/t14?,16-,18+/m0/s1. The molecule has 1 aromatic rings. The Labute approximate surface area is 144 Å². The summed E-state index contributed by atoms with van der Waals surface area (Å²) in [7, 11) is 1.99. The van der Waals surface area contributed by atoms with E-state index in [-0.39, 0.29) is 17.9 Å². The SMILES string of the molecule is CC1CCC(=CC(=O)NC[C@@H]2CCCO[C@H]2c2nccn2C)CC1. The number of imidazole rings is 1. The van der Waals surface area contributed by atoms with Crippen LogP contribution < -0.4 is 5.32 Å². The molecule has 1 aromatic heterocycles. The van der Waals surface area contributed by atoms with Crippen LogP contribution in [0, 0.1) is 11.8 Å². The van der Waals surface area contributed by atoms with Gasteiger partial charge in [0.2, 0.25) is 5.91 Å². The largest absolute Gasteiger partial charge is 0.370 e. The summed E-state index contributed by atoms with van der Waals surface area (Å²) in [4.78, 5) is 16.7. The van der Waals surface area contributed by atoms with Crippen LogP contribution in [0.5, 0.6) is 0 Å². The van der Waals surface area contributed by atoms with E-state index in [0.29, 0.717) is 6.54 Å². The fraction of sp³-hybridized carbons (Fsp3) is 0.684. The molecule has 0 aromatic carbocycles. The number of rotatable bonds is 4. The van der Waals surface area contributed by atoms with Crippen molar-refractivity contribution in [2.24, 2.45) is 18.9 Å². The molecule has 5 nitrogen and oxygen atoms in total. The van der Waals surface area contributed by atoms with Gasteiger partial charge in [-0.3, -0.25) is 4.79 Å². The van der Waals surface area contributed by atoms with Gasteiger partial charge < -0.3 is 14.6 Å². The fourth-order valence-corrected chi connectivity index (χ4v) is 3.73. The number of aromatic nitrogens is 2. The summed E-state index contributed by atoms with van der Waals surface area (Å²) >= 11 is 0. The quantitative estimate of drug-likeness (QED) is 0.862. The number of amides is 1. The average molecular weight is 331 g/mol. The third-order valence-corrected chi connectivity index (χ3v) is 5.35. The highest BCUT2D eigenvalue weighted by Crippen LogP contribution is 2.32. The number of nitrogens with zero attached hydrogens (tertiary/aromatic N) is 2. The molecule has 1 saturated carbocycles. The van der Waals surface area contributed by atoms with Crippen molar-refractivity contribution in [3.63, 3.8) is 0 Å². The van der Waals surface area contributed by atoms with Gasteiger partial charge in [-0.05, 0) is 44.4 Å². The van der Waals surface area contributed by atoms with E-state index in [4.69, 9.17) is 4.74 Å². The molecule has 1 aliphatic heterocycles. The molecule has 0 radical (unpaired) electrons. The van der Waals surface area contributed by atoms with Gasteiger partial charge in [0.1, 0.15) is 11.9 Å². The van der Waals surface area contributed by atoms with Crippen LogP contribution in [0.15, 0.2) is 24.0 Å². The van der Waals surface area contributed by atoms with Crippen LogP contribution in [0.1, 0.15) is 57.4 Å². The molecule has 2 fully saturated rings. The Hall–Kier alpha value is -1.62. The number of aryl methyl sites for hydroxylation is 1. The Kier molecular flexibility index (Phi) is 5.72. The molecule has 132 valence electrons. The van der Waals surface area contributed by atoms with Gasteiger partial charge in [-0.1, -0.05) is 12.5 Å². The van der Waals surface area contributed by atoms with Crippen molar-refractivity contribution in [1.29, 1.82) is 0 Å². The fourth-order valence-electron chi connectivity index (χ4n) is 3.73. The van der Waals surface area contributed by atoms with E-state index in [2.05, 4.69) is 17.2 Å². The molecule has 3 rings (SSSR count). The van der Waals surface area contributed by atoms with Crippen molar-refractivity contribution >= 4 is 5.91 Å². The van der Waals surface area contributed by atoms with Crippen molar-refractivity contribution in [1.82, 2.24) is 14.9 Å². The topological polar surface area (TPSA) is 56.1 Å². The Morgan fingerprint density at radius 1 is 1.42 bits per heavy atom. The third-order valence-electron chi connectivity index (χ3n) is 5.35. The lowest BCUT2D eigenvalue weighted by Crippen LogP contribution is -2.35. The Morgan fingerprint density at radius 2 is 2.21 bits per heavy atom. The monoisotopic (exact) mass is 331 g/mol. The number of allylic oxidation sites excluding steroid dienone is 1. The summed E-state index contributed by atoms with van der Waals surface area (Å²) in [5, 5.41) is 3.09. The van der Waals surface area contributed by atoms with E-state index in [1.165, 1.54) is 18.4 Å².